The monoisotopic (exact) mass is 296 g/mol. The van der Waals surface area contributed by atoms with Crippen molar-refractivity contribution in [3.63, 3.8) is 0 Å². The van der Waals surface area contributed by atoms with Gasteiger partial charge in [0, 0.05) is 5.69 Å². The molecule has 1 aliphatic heterocycles. The van der Waals surface area contributed by atoms with E-state index in [0.29, 0.717) is 5.69 Å². The summed E-state index contributed by atoms with van der Waals surface area (Å²) in [5.74, 6) is -1.82. The number of nitrogens with zero attached hydrogens (tertiary/aromatic N) is 1. The number of rotatable bonds is 2. The summed E-state index contributed by atoms with van der Waals surface area (Å²) in [5.41, 5.74) is 6.45. The molecular formula is C16H12N2O4. The third kappa shape index (κ3) is 1.85. The highest BCUT2D eigenvalue weighted by Gasteiger charge is 2.41. The summed E-state index contributed by atoms with van der Waals surface area (Å²) in [7, 11) is 1.21. The van der Waals surface area contributed by atoms with Crippen molar-refractivity contribution in [3.05, 3.63) is 59.2 Å². The topological polar surface area (TPSA) is 89.7 Å². The van der Waals surface area contributed by atoms with Crippen molar-refractivity contribution in [1.29, 1.82) is 0 Å². The zero-order valence-corrected chi connectivity index (χ0v) is 11.7. The number of carbonyl (C=O) groups excluding carboxylic acids is 3. The summed E-state index contributed by atoms with van der Waals surface area (Å²) < 4.78 is 4.66. The van der Waals surface area contributed by atoms with Gasteiger partial charge in [-0.15, -0.1) is 0 Å². The lowest BCUT2D eigenvalue weighted by Gasteiger charge is -2.13. The Hall–Kier alpha value is -3.15. The van der Waals surface area contributed by atoms with Crippen LogP contribution in [0.2, 0.25) is 0 Å². The lowest BCUT2D eigenvalue weighted by molar-refractivity contribution is 0.0597. The standard InChI is InChI=1S/C16H12N2O4/c1-22-16(21)10-7-8-11(17)13-12(10)14(19)18(15(13)20)9-5-3-2-4-6-9/h2-8H,17H2,1H3. The van der Waals surface area contributed by atoms with E-state index in [1.165, 1.54) is 19.2 Å². The zero-order valence-electron chi connectivity index (χ0n) is 11.7. The van der Waals surface area contributed by atoms with Gasteiger partial charge in [-0.2, -0.15) is 0 Å². The number of hydrogen-bond donors (Lipinski definition) is 1. The number of esters is 1. The molecule has 6 heteroatoms. The van der Waals surface area contributed by atoms with Gasteiger partial charge in [0.05, 0.1) is 29.5 Å². The number of carbonyl (C=O) groups is 3. The summed E-state index contributed by atoms with van der Waals surface area (Å²) in [6, 6.07) is 11.3. The largest absolute Gasteiger partial charge is 0.465 e. The van der Waals surface area contributed by atoms with Crippen LogP contribution in [-0.2, 0) is 4.74 Å². The van der Waals surface area contributed by atoms with Gasteiger partial charge in [-0.25, -0.2) is 9.69 Å². The Bertz CT molecular complexity index is 799. The van der Waals surface area contributed by atoms with E-state index < -0.39 is 17.8 Å². The maximum Gasteiger partial charge on any atom is 0.338 e. The number of amides is 2. The van der Waals surface area contributed by atoms with Crippen molar-refractivity contribution in [2.24, 2.45) is 0 Å². The summed E-state index contributed by atoms with van der Waals surface area (Å²) in [4.78, 5) is 38.0. The molecule has 0 radical (unpaired) electrons. The highest BCUT2D eigenvalue weighted by molar-refractivity contribution is 6.37. The minimum Gasteiger partial charge on any atom is -0.465 e. The van der Waals surface area contributed by atoms with Gasteiger partial charge in [-0.1, -0.05) is 18.2 Å². The van der Waals surface area contributed by atoms with Crippen LogP contribution in [-0.4, -0.2) is 24.9 Å². The van der Waals surface area contributed by atoms with Gasteiger partial charge in [-0.3, -0.25) is 9.59 Å². The van der Waals surface area contributed by atoms with Crippen molar-refractivity contribution >= 4 is 29.2 Å². The molecule has 2 N–H and O–H groups in total. The first kappa shape index (κ1) is 13.8. The minimum absolute atomic E-state index is 0.0132. The predicted molar refractivity (Wildman–Crippen MR) is 79.8 cm³/mol. The van der Waals surface area contributed by atoms with Crippen LogP contribution in [0.3, 0.4) is 0 Å². The minimum atomic E-state index is -0.688. The van der Waals surface area contributed by atoms with E-state index in [4.69, 9.17) is 5.73 Å². The van der Waals surface area contributed by atoms with Crippen LogP contribution in [0.1, 0.15) is 31.1 Å². The Morgan fingerprint density at radius 2 is 1.64 bits per heavy atom. The van der Waals surface area contributed by atoms with Gasteiger partial charge < -0.3 is 10.5 Å². The summed E-state index contributed by atoms with van der Waals surface area (Å²) in [6.07, 6.45) is 0. The van der Waals surface area contributed by atoms with E-state index in [-0.39, 0.29) is 22.4 Å². The Kier molecular flexibility index (Phi) is 3.14. The van der Waals surface area contributed by atoms with Crippen LogP contribution in [0.25, 0.3) is 0 Å². The van der Waals surface area contributed by atoms with E-state index in [2.05, 4.69) is 4.74 Å². The zero-order chi connectivity index (χ0) is 15.9. The summed E-state index contributed by atoms with van der Waals surface area (Å²) >= 11 is 0. The van der Waals surface area contributed by atoms with Gasteiger partial charge in [0.25, 0.3) is 11.8 Å². The molecule has 0 aliphatic carbocycles. The van der Waals surface area contributed by atoms with E-state index in [0.717, 1.165) is 4.90 Å². The third-order valence-electron chi connectivity index (χ3n) is 3.49. The number of hydrogen-bond acceptors (Lipinski definition) is 5. The molecule has 0 atom stereocenters. The van der Waals surface area contributed by atoms with Crippen LogP contribution in [0.15, 0.2) is 42.5 Å². The Labute approximate surface area is 126 Å². The number of nitrogens with two attached hydrogens (primary N) is 1. The van der Waals surface area contributed by atoms with Gasteiger partial charge in [0.1, 0.15) is 0 Å². The fourth-order valence-corrected chi connectivity index (χ4v) is 2.48. The van der Waals surface area contributed by atoms with Crippen LogP contribution in [0.4, 0.5) is 11.4 Å². The SMILES string of the molecule is COC(=O)c1ccc(N)c2c1C(=O)N(c1ccccc1)C2=O. The summed E-state index contributed by atoms with van der Waals surface area (Å²) in [5, 5.41) is 0. The number of methoxy groups -OCH3 is 1. The Balaban J connectivity index is 2.21. The fourth-order valence-electron chi connectivity index (χ4n) is 2.48. The highest BCUT2D eigenvalue weighted by atomic mass is 16.5. The molecule has 22 heavy (non-hydrogen) atoms. The van der Waals surface area contributed by atoms with Crippen molar-refractivity contribution in [2.45, 2.75) is 0 Å². The first-order valence-corrected chi connectivity index (χ1v) is 6.51. The number of para-hydroxylation sites is 1. The van der Waals surface area contributed by atoms with Crippen LogP contribution in [0.5, 0.6) is 0 Å². The molecule has 2 amide bonds. The molecule has 0 spiro atoms. The van der Waals surface area contributed by atoms with Crippen LogP contribution < -0.4 is 10.6 Å². The Morgan fingerprint density at radius 3 is 2.27 bits per heavy atom. The third-order valence-corrected chi connectivity index (χ3v) is 3.49. The first-order chi connectivity index (χ1) is 10.6. The molecule has 6 nitrogen and oxygen atoms in total. The molecule has 110 valence electrons. The second-order valence-electron chi connectivity index (χ2n) is 4.73. The quantitative estimate of drug-likeness (QED) is 0.519. The number of anilines is 2. The molecule has 2 aromatic carbocycles. The smallest absolute Gasteiger partial charge is 0.338 e. The normalized spacial score (nSPS) is 13.2. The van der Waals surface area contributed by atoms with Crippen molar-refractivity contribution in [3.8, 4) is 0 Å². The van der Waals surface area contributed by atoms with Crippen molar-refractivity contribution in [1.82, 2.24) is 0 Å². The van der Waals surface area contributed by atoms with E-state index >= 15 is 0 Å². The van der Waals surface area contributed by atoms with Gasteiger partial charge in [0.2, 0.25) is 0 Å². The molecular weight excluding hydrogens is 284 g/mol. The average molecular weight is 296 g/mol. The lowest BCUT2D eigenvalue weighted by Crippen LogP contribution is -2.29. The molecule has 0 bridgehead atoms. The first-order valence-electron chi connectivity index (χ1n) is 6.51. The molecule has 0 saturated carbocycles. The second-order valence-corrected chi connectivity index (χ2v) is 4.73. The summed E-state index contributed by atoms with van der Waals surface area (Å²) in [6.45, 7) is 0. The Morgan fingerprint density at radius 1 is 1.00 bits per heavy atom. The second kappa shape index (κ2) is 5.00. The van der Waals surface area contributed by atoms with Gasteiger partial charge in [-0.05, 0) is 24.3 Å². The predicted octanol–water partition coefficient (Wildman–Crippen LogP) is 1.86. The maximum absolute atomic E-state index is 12.6. The van der Waals surface area contributed by atoms with Gasteiger partial charge >= 0.3 is 5.97 Å². The lowest BCUT2D eigenvalue weighted by atomic mass is 10.0. The number of imide groups is 1. The molecule has 3 rings (SSSR count). The molecule has 2 aromatic rings. The van der Waals surface area contributed by atoms with E-state index in [1.54, 1.807) is 30.3 Å². The molecule has 1 aliphatic rings. The number of fused-ring (bicyclic) bond motifs is 1. The molecule has 1 heterocycles. The maximum atomic E-state index is 12.6. The molecule has 0 aromatic heterocycles. The fraction of sp³-hybridized carbons (Fsp3) is 0.0625. The molecule has 0 saturated heterocycles. The number of ether oxygens (including phenoxy) is 1. The molecule has 0 unspecified atom stereocenters. The number of benzene rings is 2. The van der Waals surface area contributed by atoms with E-state index in [1.807, 2.05) is 0 Å². The highest BCUT2D eigenvalue weighted by Crippen LogP contribution is 2.34. The van der Waals surface area contributed by atoms with Gasteiger partial charge in [0.15, 0.2) is 0 Å². The molecule has 0 fully saturated rings. The van der Waals surface area contributed by atoms with Crippen LogP contribution in [0, 0.1) is 0 Å². The van der Waals surface area contributed by atoms with Crippen LogP contribution >= 0.6 is 0 Å². The number of nitrogen functional groups attached to an aromatic ring is 1. The van der Waals surface area contributed by atoms with Crippen molar-refractivity contribution < 1.29 is 19.1 Å². The van der Waals surface area contributed by atoms with Crippen molar-refractivity contribution in [2.75, 3.05) is 17.7 Å². The van der Waals surface area contributed by atoms with E-state index in [9.17, 15) is 14.4 Å². The average Bonchev–Trinajstić information content (AvgIpc) is 2.80.